The predicted octanol–water partition coefficient (Wildman–Crippen LogP) is 1.98. The minimum absolute atomic E-state index is 0.0679. The number of hydrogen-bond donors (Lipinski definition) is 3. The van der Waals surface area contributed by atoms with Gasteiger partial charge in [0.2, 0.25) is 5.91 Å². The van der Waals surface area contributed by atoms with Crippen molar-refractivity contribution in [1.29, 1.82) is 0 Å². The summed E-state index contributed by atoms with van der Waals surface area (Å²) in [5.74, 6) is -1.90. The van der Waals surface area contributed by atoms with E-state index >= 15 is 0 Å². The Balaban J connectivity index is 1.87. The average molecular weight is 345 g/mol. The number of carbonyl (C=O) groups is 2. The standard InChI is InChI=1S/C13H14BrFN2O3/c14-8-3-4-10(9(15)5-8)17-11(18)6-16-12(13(19)20)7-1-2-7/h3-5,7,12,16H,1-2,6H2,(H,17,18)(H,19,20). The van der Waals surface area contributed by atoms with Gasteiger partial charge in [-0.3, -0.25) is 14.9 Å². The molecule has 3 N–H and O–H groups in total. The molecule has 0 heterocycles. The summed E-state index contributed by atoms with van der Waals surface area (Å²) < 4.78 is 14.1. The molecule has 2 rings (SSSR count). The Hall–Kier alpha value is -1.47. The molecule has 0 spiro atoms. The summed E-state index contributed by atoms with van der Waals surface area (Å²) in [5.41, 5.74) is 0.0679. The molecule has 1 aliphatic carbocycles. The summed E-state index contributed by atoms with van der Waals surface area (Å²) in [6, 6.07) is 3.58. The first-order valence-electron chi connectivity index (χ1n) is 6.18. The Labute approximate surface area is 123 Å². The Bertz CT molecular complexity index is 534. The van der Waals surface area contributed by atoms with Crippen LogP contribution in [-0.2, 0) is 9.59 Å². The lowest BCUT2D eigenvalue weighted by Crippen LogP contribution is -2.42. The number of halogens is 2. The first kappa shape index (κ1) is 14.9. The van der Waals surface area contributed by atoms with Crippen molar-refractivity contribution >= 4 is 33.5 Å². The number of rotatable bonds is 6. The minimum atomic E-state index is -0.963. The third-order valence-electron chi connectivity index (χ3n) is 3.05. The Morgan fingerprint density at radius 1 is 1.45 bits per heavy atom. The van der Waals surface area contributed by atoms with E-state index in [2.05, 4.69) is 26.6 Å². The second-order valence-corrected chi connectivity index (χ2v) is 5.62. The zero-order valence-corrected chi connectivity index (χ0v) is 12.1. The lowest BCUT2D eigenvalue weighted by Gasteiger charge is -2.13. The second-order valence-electron chi connectivity index (χ2n) is 4.71. The van der Waals surface area contributed by atoms with Gasteiger partial charge in [-0.2, -0.15) is 0 Å². The third kappa shape index (κ3) is 4.01. The molecule has 0 radical (unpaired) electrons. The van der Waals surface area contributed by atoms with Crippen molar-refractivity contribution in [2.75, 3.05) is 11.9 Å². The first-order chi connectivity index (χ1) is 9.47. The van der Waals surface area contributed by atoms with Gasteiger partial charge < -0.3 is 10.4 Å². The normalized spacial score (nSPS) is 15.7. The molecule has 1 fully saturated rings. The number of carboxylic acids is 1. The largest absolute Gasteiger partial charge is 0.480 e. The highest BCUT2D eigenvalue weighted by Gasteiger charge is 2.36. The maximum atomic E-state index is 13.5. The number of amides is 1. The van der Waals surface area contributed by atoms with Crippen LogP contribution in [-0.4, -0.2) is 29.6 Å². The molecule has 1 amide bonds. The van der Waals surface area contributed by atoms with E-state index in [1.807, 2.05) is 0 Å². The number of nitrogens with one attached hydrogen (secondary N) is 2. The first-order valence-corrected chi connectivity index (χ1v) is 6.98. The van der Waals surface area contributed by atoms with Gasteiger partial charge >= 0.3 is 5.97 Å². The SMILES string of the molecule is O=C(CNC(C(=O)O)C1CC1)Nc1ccc(Br)cc1F. The maximum absolute atomic E-state index is 13.5. The van der Waals surface area contributed by atoms with E-state index in [4.69, 9.17) is 5.11 Å². The van der Waals surface area contributed by atoms with Crippen LogP contribution in [0.15, 0.2) is 22.7 Å². The highest BCUT2D eigenvalue weighted by molar-refractivity contribution is 9.10. The molecule has 1 saturated carbocycles. The lowest BCUT2D eigenvalue weighted by molar-refractivity contribution is -0.140. The number of carbonyl (C=O) groups excluding carboxylic acids is 1. The van der Waals surface area contributed by atoms with Crippen LogP contribution in [0.25, 0.3) is 0 Å². The molecule has 5 nitrogen and oxygen atoms in total. The van der Waals surface area contributed by atoms with Crippen molar-refractivity contribution in [2.45, 2.75) is 18.9 Å². The number of aliphatic carboxylic acids is 1. The van der Waals surface area contributed by atoms with Crippen LogP contribution < -0.4 is 10.6 Å². The summed E-state index contributed by atoms with van der Waals surface area (Å²) in [4.78, 5) is 22.7. The minimum Gasteiger partial charge on any atom is -0.480 e. The lowest BCUT2D eigenvalue weighted by atomic mass is 10.2. The van der Waals surface area contributed by atoms with Gasteiger partial charge in [-0.25, -0.2) is 4.39 Å². The summed E-state index contributed by atoms with van der Waals surface area (Å²) in [5, 5.41) is 14.1. The number of benzene rings is 1. The fourth-order valence-electron chi connectivity index (χ4n) is 1.87. The van der Waals surface area contributed by atoms with Crippen LogP contribution in [0, 0.1) is 11.7 Å². The molecule has 1 aliphatic rings. The Morgan fingerprint density at radius 3 is 2.70 bits per heavy atom. The molecule has 1 aromatic rings. The van der Waals surface area contributed by atoms with Crippen LogP contribution >= 0.6 is 15.9 Å². The zero-order chi connectivity index (χ0) is 14.7. The van der Waals surface area contributed by atoms with Crippen molar-refractivity contribution in [1.82, 2.24) is 5.32 Å². The maximum Gasteiger partial charge on any atom is 0.320 e. The van der Waals surface area contributed by atoms with Gasteiger partial charge in [-0.05, 0) is 37.0 Å². The highest BCUT2D eigenvalue weighted by Crippen LogP contribution is 2.32. The quantitative estimate of drug-likeness (QED) is 0.737. The summed E-state index contributed by atoms with van der Waals surface area (Å²) >= 11 is 3.12. The summed E-state index contributed by atoms with van der Waals surface area (Å²) in [6.45, 7) is -0.164. The third-order valence-corrected chi connectivity index (χ3v) is 3.54. The van der Waals surface area contributed by atoms with Gasteiger partial charge in [0, 0.05) is 4.47 Å². The highest BCUT2D eigenvalue weighted by atomic mass is 79.9. The molecule has 0 aliphatic heterocycles. The molecule has 1 atom stereocenters. The molecule has 1 unspecified atom stereocenters. The summed E-state index contributed by atoms with van der Waals surface area (Å²) in [6.07, 6.45) is 1.71. The molecular weight excluding hydrogens is 331 g/mol. The number of carboxylic acid groups (broad SMARTS) is 1. The topological polar surface area (TPSA) is 78.4 Å². The van der Waals surface area contributed by atoms with Crippen LogP contribution in [0.3, 0.4) is 0 Å². The van der Waals surface area contributed by atoms with Gasteiger partial charge in [-0.1, -0.05) is 15.9 Å². The zero-order valence-electron chi connectivity index (χ0n) is 10.5. The van der Waals surface area contributed by atoms with Crippen LogP contribution in [0.2, 0.25) is 0 Å². The van der Waals surface area contributed by atoms with Crippen molar-refractivity contribution < 1.29 is 19.1 Å². The Morgan fingerprint density at radius 2 is 2.15 bits per heavy atom. The van der Waals surface area contributed by atoms with Crippen molar-refractivity contribution in [3.05, 3.63) is 28.5 Å². The molecule has 0 bridgehead atoms. The van der Waals surface area contributed by atoms with Gasteiger partial charge in [0.05, 0.1) is 12.2 Å². The van der Waals surface area contributed by atoms with E-state index < -0.39 is 23.7 Å². The van der Waals surface area contributed by atoms with Gasteiger partial charge in [0.25, 0.3) is 0 Å². The predicted molar refractivity (Wildman–Crippen MR) is 74.9 cm³/mol. The van der Waals surface area contributed by atoms with E-state index in [0.29, 0.717) is 4.47 Å². The fourth-order valence-corrected chi connectivity index (χ4v) is 2.21. The average Bonchev–Trinajstić information content (AvgIpc) is 3.17. The van der Waals surface area contributed by atoms with E-state index in [1.165, 1.54) is 12.1 Å². The van der Waals surface area contributed by atoms with Crippen molar-refractivity contribution in [3.8, 4) is 0 Å². The Kier molecular flexibility index (Phi) is 4.72. The number of hydrogen-bond acceptors (Lipinski definition) is 3. The molecule has 7 heteroatoms. The monoisotopic (exact) mass is 344 g/mol. The molecular formula is C13H14BrFN2O3. The van der Waals surface area contributed by atoms with Crippen molar-refractivity contribution in [2.24, 2.45) is 5.92 Å². The van der Waals surface area contributed by atoms with Crippen LogP contribution in [0.4, 0.5) is 10.1 Å². The fraction of sp³-hybridized carbons (Fsp3) is 0.385. The smallest absolute Gasteiger partial charge is 0.320 e. The number of anilines is 1. The van der Waals surface area contributed by atoms with Gasteiger partial charge in [0.1, 0.15) is 11.9 Å². The molecule has 0 saturated heterocycles. The van der Waals surface area contributed by atoms with Crippen molar-refractivity contribution in [3.63, 3.8) is 0 Å². The van der Waals surface area contributed by atoms with E-state index in [9.17, 15) is 14.0 Å². The van der Waals surface area contributed by atoms with Crippen LogP contribution in [0.5, 0.6) is 0 Å². The van der Waals surface area contributed by atoms with E-state index in [0.717, 1.165) is 12.8 Å². The molecule has 0 aromatic heterocycles. The molecule has 1 aromatic carbocycles. The van der Waals surface area contributed by atoms with E-state index in [-0.39, 0.29) is 18.2 Å². The van der Waals surface area contributed by atoms with Gasteiger partial charge in [-0.15, -0.1) is 0 Å². The van der Waals surface area contributed by atoms with Gasteiger partial charge in [0.15, 0.2) is 0 Å². The van der Waals surface area contributed by atoms with Crippen LogP contribution in [0.1, 0.15) is 12.8 Å². The molecule has 20 heavy (non-hydrogen) atoms. The van der Waals surface area contributed by atoms with E-state index in [1.54, 1.807) is 6.07 Å². The summed E-state index contributed by atoms with van der Waals surface area (Å²) in [7, 11) is 0. The molecule has 108 valence electrons. The second kappa shape index (κ2) is 6.32.